The number of rotatable bonds is 4. The molecule has 0 saturated carbocycles. The molecule has 1 aromatic rings. The second-order valence-corrected chi connectivity index (χ2v) is 4.53. The molecule has 0 fully saturated rings. The zero-order valence-electron chi connectivity index (χ0n) is 12.7. The fraction of sp³-hybridized carbons (Fsp3) is 0.533. The first-order chi connectivity index (χ1) is 8.02. The third-order valence-corrected chi connectivity index (χ3v) is 2.49. The number of anilines is 1. The van der Waals surface area contributed by atoms with Crippen LogP contribution in [0.15, 0.2) is 30.3 Å². The Morgan fingerprint density at radius 3 is 1.89 bits per heavy atom. The van der Waals surface area contributed by atoms with Gasteiger partial charge in [-0.15, -0.1) is 0 Å². The van der Waals surface area contributed by atoms with Gasteiger partial charge in [0.05, 0.1) is 0 Å². The number of likely N-dealkylation sites (N-methyl/N-ethyl adjacent to an activating group) is 2. The Kier molecular flexibility index (Phi) is 20.1. The molecule has 19 heavy (non-hydrogen) atoms. The molecule has 0 spiro atoms. The molecule has 1 aromatic carbocycles. The van der Waals surface area contributed by atoms with E-state index in [2.05, 4.69) is 64.0 Å². The first-order valence-electron chi connectivity index (χ1n) is 6.32. The SMILES string of the molecule is CCC.[Ar].[CH2-]N(C)C(C)CN(C)c1ccccc1.[W]. The van der Waals surface area contributed by atoms with Gasteiger partial charge in [-0.2, -0.15) is 0 Å². The van der Waals surface area contributed by atoms with Crippen LogP contribution in [0.25, 0.3) is 0 Å². The molecule has 0 heterocycles. The van der Waals surface area contributed by atoms with Crippen LogP contribution >= 0.6 is 0 Å². The van der Waals surface area contributed by atoms with Gasteiger partial charge in [0.25, 0.3) is 0 Å². The van der Waals surface area contributed by atoms with Crippen molar-refractivity contribution in [3.63, 3.8) is 0 Å². The molecule has 0 aliphatic heterocycles. The van der Waals surface area contributed by atoms with Crippen molar-refractivity contribution >= 4 is 5.69 Å². The summed E-state index contributed by atoms with van der Waals surface area (Å²) in [6.45, 7) is 7.41. The molecular weight excluding hydrogens is 432 g/mol. The second-order valence-electron chi connectivity index (χ2n) is 4.53. The molecule has 112 valence electrons. The first kappa shape index (κ1) is 24.9. The Morgan fingerprint density at radius 2 is 1.53 bits per heavy atom. The quantitative estimate of drug-likeness (QED) is 0.635. The van der Waals surface area contributed by atoms with Crippen molar-refractivity contribution in [2.75, 3.05) is 25.5 Å². The summed E-state index contributed by atoms with van der Waals surface area (Å²) in [5.41, 5.74) is 1.25. The van der Waals surface area contributed by atoms with Crippen LogP contribution in [0.5, 0.6) is 0 Å². The second kappa shape index (κ2) is 15.3. The van der Waals surface area contributed by atoms with Gasteiger partial charge >= 0.3 is 0 Å². The summed E-state index contributed by atoms with van der Waals surface area (Å²) >= 11 is 0. The van der Waals surface area contributed by atoms with Crippen LogP contribution in [0, 0.1) is 44.8 Å². The summed E-state index contributed by atoms with van der Waals surface area (Å²) < 4.78 is 0. The van der Waals surface area contributed by atoms with Gasteiger partial charge in [0.15, 0.2) is 0 Å². The summed E-state index contributed by atoms with van der Waals surface area (Å²) in [6, 6.07) is 10.9. The van der Waals surface area contributed by atoms with Crippen molar-refractivity contribution in [3.8, 4) is 0 Å². The maximum atomic E-state index is 3.89. The van der Waals surface area contributed by atoms with Crippen molar-refractivity contribution in [3.05, 3.63) is 37.4 Å². The summed E-state index contributed by atoms with van der Waals surface area (Å²) in [7, 11) is 8.00. The van der Waals surface area contributed by atoms with E-state index in [9.17, 15) is 0 Å². The fourth-order valence-electron chi connectivity index (χ4n) is 1.32. The number of para-hydroxylation sites is 1. The molecule has 0 saturated heterocycles. The minimum atomic E-state index is 0. The largest absolute Gasteiger partial charge is 0.458 e. The summed E-state index contributed by atoms with van der Waals surface area (Å²) in [6.07, 6.45) is 1.25. The average molecular weight is 459 g/mol. The molecule has 1 rings (SSSR count). The van der Waals surface area contributed by atoms with Crippen LogP contribution in [0.2, 0.25) is 0 Å². The molecule has 4 heteroatoms. The number of nitrogens with zero attached hydrogens (tertiary/aromatic N) is 2. The standard InChI is InChI=1S/C12H19N2.C3H8.Ar.W/c1-11(13(2)3)10-14(4)12-8-6-5-7-9-12;1-3-2;;/h5-9,11H,2,10H2,1,3-4H3;3H2,1-2H3;;/q-1;;;. The normalized spacial score (nSPS) is 10.5. The van der Waals surface area contributed by atoms with Gasteiger partial charge in [0, 0.05) is 78.1 Å². The van der Waals surface area contributed by atoms with E-state index in [0.29, 0.717) is 6.04 Å². The minimum absolute atomic E-state index is 0. The number of hydrogen-bond acceptors (Lipinski definition) is 2. The van der Waals surface area contributed by atoms with Crippen LogP contribution in [-0.4, -0.2) is 31.6 Å². The van der Waals surface area contributed by atoms with Crippen molar-refractivity contribution in [2.24, 2.45) is 0 Å². The molecule has 1 unspecified atom stereocenters. The Bertz CT molecular complexity index is 281. The molecule has 2 nitrogen and oxygen atoms in total. The van der Waals surface area contributed by atoms with Crippen LogP contribution in [-0.2, 0) is 21.1 Å². The molecular formula is C15H27ArN2W-. The van der Waals surface area contributed by atoms with Gasteiger partial charge in [0.2, 0.25) is 0 Å². The van der Waals surface area contributed by atoms with Gasteiger partial charge in [-0.1, -0.05) is 45.4 Å². The van der Waals surface area contributed by atoms with Crippen molar-refractivity contribution in [1.82, 2.24) is 4.90 Å². The van der Waals surface area contributed by atoms with Gasteiger partial charge in [-0.05, 0) is 25.2 Å². The summed E-state index contributed by atoms with van der Waals surface area (Å²) in [5.74, 6) is 0. The fourth-order valence-corrected chi connectivity index (χ4v) is 1.32. The van der Waals surface area contributed by atoms with Crippen molar-refractivity contribution in [1.29, 1.82) is 0 Å². The van der Waals surface area contributed by atoms with Crippen molar-refractivity contribution in [2.45, 2.75) is 33.2 Å². The average Bonchev–Trinajstić information content (AvgIpc) is 2.31. The van der Waals surface area contributed by atoms with Crippen LogP contribution in [0.3, 0.4) is 0 Å². The molecule has 0 N–H and O–H groups in total. The van der Waals surface area contributed by atoms with Gasteiger partial charge in [-0.3, -0.25) is 7.05 Å². The van der Waals surface area contributed by atoms with E-state index in [1.165, 1.54) is 12.1 Å². The topological polar surface area (TPSA) is 6.48 Å². The molecule has 0 aliphatic rings. The maximum absolute atomic E-state index is 3.89. The predicted octanol–water partition coefficient (Wildman–Crippen LogP) is 3.65. The molecule has 0 bridgehead atoms. The van der Waals surface area contributed by atoms with E-state index in [0.717, 1.165) is 6.54 Å². The van der Waals surface area contributed by atoms with Gasteiger partial charge in [0.1, 0.15) is 0 Å². The Labute approximate surface area is 164 Å². The molecule has 0 radical (unpaired) electrons. The summed E-state index contributed by atoms with van der Waals surface area (Å²) in [5, 5.41) is 0. The van der Waals surface area contributed by atoms with Gasteiger partial charge < -0.3 is 9.80 Å². The third-order valence-electron chi connectivity index (χ3n) is 2.49. The zero-order chi connectivity index (χ0) is 13.3. The van der Waals surface area contributed by atoms with Crippen LogP contribution in [0.1, 0.15) is 27.2 Å². The number of hydrogen-bond donors (Lipinski definition) is 0. The van der Waals surface area contributed by atoms with E-state index >= 15 is 0 Å². The van der Waals surface area contributed by atoms with E-state index in [-0.39, 0.29) is 58.8 Å². The van der Waals surface area contributed by atoms with E-state index in [4.69, 9.17) is 0 Å². The molecule has 0 amide bonds. The van der Waals surface area contributed by atoms with E-state index in [1.807, 2.05) is 18.0 Å². The Hall–Kier alpha value is 0.928. The van der Waals surface area contributed by atoms with Crippen molar-refractivity contribution < 1.29 is 58.8 Å². The van der Waals surface area contributed by atoms with Crippen LogP contribution < -0.4 is 4.90 Å². The minimum Gasteiger partial charge on any atom is -0.458 e. The predicted molar refractivity (Wildman–Crippen MR) is 78.3 cm³/mol. The third kappa shape index (κ3) is 12.4. The molecule has 1 atom stereocenters. The van der Waals surface area contributed by atoms with Crippen LogP contribution in [0.4, 0.5) is 5.69 Å². The number of benzene rings is 1. The Morgan fingerprint density at radius 1 is 1.11 bits per heavy atom. The monoisotopic (exact) mass is 459 g/mol. The Balaban J connectivity index is -0.000000468. The van der Waals surface area contributed by atoms with E-state index < -0.39 is 0 Å². The smallest absolute Gasteiger partial charge is 0.0364 e. The summed E-state index contributed by atoms with van der Waals surface area (Å²) in [4.78, 5) is 4.23. The van der Waals surface area contributed by atoms with E-state index in [1.54, 1.807) is 0 Å². The zero-order valence-corrected chi connectivity index (χ0v) is 16.4. The maximum Gasteiger partial charge on any atom is 0.0364 e. The first-order valence-corrected chi connectivity index (χ1v) is 6.32. The molecule has 0 aromatic heterocycles. The van der Waals surface area contributed by atoms with Gasteiger partial charge in [-0.25, -0.2) is 0 Å². The molecule has 0 aliphatic carbocycles.